The van der Waals surface area contributed by atoms with Crippen molar-refractivity contribution in [2.45, 2.75) is 19.3 Å². The molecule has 0 spiro atoms. The van der Waals surface area contributed by atoms with E-state index in [4.69, 9.17) is 5.11 Å². The van der Waals surface area contributed by atoms with E-state index < -0.39 is 36.0 Å². The van der Waals surface area contributed by atoms with Crippen molar-refractivity contribution in [3.63, 3.8) is 0 Å². The molecular weight excluding hydrogens is 268 g/mol. The van der Waals surface area contributed by atoms with Crippen molar-refractivity contribution >= 4 is 11.9 Å². The summed E-state index contributed by atoms with van der Waals surface area (Å²) < 4.78 is 27.2. The fraction of sp³-hybridized carbons (Fsp3) is 0.429. The first-order valence-electron chi connectivity index (χ1n) is 6.40. The fourth-order valence-corrected chi connectivity index (χ4v) is 2.40. The minimum absolute atomic E-state index is 0.0720. The van der Waals surface area contributed by atoms with Gasteiger partial charge in [0.05, 0.1) is 0 Å². The minimum Gasteiger partial charge on any atom is -0.480 e. The molecule has 1 aromatic carbocycles. The molecule has 0 saturated heterocycles. The van der Waals surface area contributed by atoms with Crippen molar-refractivity contribution in [1.29, 1.82) is 0 Å². The highest BCUT2D eigenvalue weighted by Gasteiger charge is 2.48. The Morgan fingerprint density at radius 1 is 1.35 bits per heavy atom. The number of carbonyl (C=O) groups is 2. The molecule has 2 atom stereocenters. The number of carboxylic acid groups (broad SMARTS) is 1. The van der Waals surface area contributed by atoms with E-state index in [1.165, 1.54) is 11.0 Å². The molecule has 0 aromatic heterocycles. The number of benzene rings is 1. The van der Waals surface area contributed by atoms with Crippen LogP contribution >= 0.6 is 0 Å². The van der Waals surface area contributed by atoms with Crippen LogP contribution in [-0.4, -0.2) is 35.0 Å². The van der Waals surface area contributed by atoms with E-state index in [1.54, 1.807) is 6.92 Å². The van der Waals surface area contributed by atoms with Crippen LogP contribution in [0.3, 0.4) is 0 Å². The minimum atomic E-state index is -1.10. The summed E-state index contributed by atoms with van der Waals surface area (Å²) in [6, 6.07) is 3.59. The van der Waals surface area contributed by atoms with Crippen LogP contribution in [0.5, 0.6) is 0 Å². The molecule has 2 unspecified atom stereocenters. The second kappa shape index (κ2) is 5.56. The number of carboxylic acids is 1. The van der Waals surface area contributed by atoms with Gasteiger partial charge < -0.3 is 10.0 Å². The summed E-state index contributed by atoms with van der Waals surface area (Å²) in [6.45, 7) is 1.54. The molecule has 0 bridgehead atoms. The first kappa shape index (κ1) is 14.4. The highest BCUT2D eigenvalue weighted by Crippen LogP contribution is 2.50. The van der Waals surface area contributed by atoms with Crippen LogP contribution in [-0.2, 0) is 9.59 Å². The lowest BCUT2D eigenvalue weighted by molar-refractivity contribution is -0.144. The molecular formula is C14H15F2NO3. The molecule has 0 heterocycles. The average molecular weight is 283 g/mol. The summed E-state index contributed by atoms with van der Waals surface area (Å²) >= 11 is 0. The third-order valence-electron chi connectivity index (χ3n) is 3.50. The van der Waals surface area contributed by atoms with E-state index in [1.807, 2.05) is 0 Å². The van der Waals surface area contributed by atoms with E-state index in [0.29, 0.717) is 6.42 Å². The molecule has 20 heavy (non-hydrogen) atoms. The van der Waals surface area contributed by atoms with E-state index in [9.17, 15) is 18.4 Å². The van der Waals surface area contributed by atoms with Crippen molar-refractivity contribution in [2.75, 3.05) is 13.1 Å². The SMILES string of the molecule is CCN(CC(=O)O)C(=O)C1CC1c1c(F)cccc1F. The predicted octanol–water partition coefficient (Wildman–Crippen LogP) is 2.00. The van der Waals surface area contributed by atoms with Gasteiger partial charge in [-0.3, -0.25) is 9.59 Å². The van der Waals surface area contributed by atoms with Crippen molar-refractivity contribution in [1.82, 2.24) is 4.90 Å². The first-order chi connectivity index (χ1) is 9.45. The maximum Gasteiger partial charge on any atom is 0.323 e. The Hall–Kier alpha value is -1.98. The Labute approximate surface area is 115 Å². The highest BCUT2D eigenvalue weighted by molar-refractivity contribution is 5.86. The average Bonchev–Trinajstić information content (AvgIpc) is 3.15. The zero-order valence-corrected chi connectivity index (χ0v) is 11.0. The van der Waals surface area contributed by atoms with Gasteiger partial charge in [-0.05, 0) is 25.5 Å². The van der Waals surface area contributed by atoms with Crippen molar-refractivity contribution in [3.05, 3.63) is 35.4 Å². The molecule has 6 heteroatoms. The molecule has 1 amide bonds. The van der Waals surface area contributed by atoms with Crippen LogP contribution in [0.15, 0.2) is 18.2 Å². The fourth-order valence-electron chi connectivity index (χ4n) is 2.40. The number of hydrogen-bond acceptors (Lipinski definition) is 2. The smallest absolute Gasteiger partial charge is 0.323 e. The molecule has 1 aliphatic carbocycles. The van der Waals surface area contributed by atoms with Gasteiger partial charge in [0, 0.05) is 23.9 Å². The van der Waals surface area contributed by atoms with Crippen molar-refractivity contribution < 1.29 is 23.5 Å². The Bertz CT molecular complexity index is 527. The Kier molecular flexibility index (Phi) is 4.01. The van der Waals surface area contributed by atoms with Crippen molar-refractivity contribution in [3.8, 4) is 0 Å². The number of carbonyl (C=O) groups excluding carboxylic acids is 1. The zero-order valence-electron chi connectivity index (χ0n) is 11.0. The third-order valence-corrected chi connectivity index (χ3v) is 3.50. The summed E-state index contributed by atoms with van der Waals surface area (Å²) in [5.74, 6) is -3.80. The van der Waals surface area contributed by atoms with Gasteiger partial charge in [-0.25, -0.2) is 8.78 Å². The Morgan fingerprint density at radius 2 is 1.95 bits per heavy atom. The van der Waals surface area contributed by atoms with Gasteiger partial charge in [-0.1, -0.05) is 6.07 Å². The number of aliphatic carboxylic acids is 1. The second-order valence-corrected chi connectivity index (χ2v) is 4.83. The standard InChI is InChI=1S/C14H15F2NO3/c1-2-17(7-12(18)19)14(20)9-6-8(9)13-10(15)4-3-5-11(13)16/h3-5,8-9H,2,6-7H2,1H3,(H,18,19). The van der Waals surface area contributed by atoms with Crippen LogP contribution in [0.1, 0.15) is 24.8 Å². The van der Waals surface area contributed by atoms with Gasteiger partial charge in [0.1, 0.15) is 18.2 Å². The van der Waals surface area contributed by atoms with Crippen LogP contribution in [0.4, 0.5) is 8.78 Å². The van der Waals surface area contributed by atoms with Gasteiger partial charge in [-0.15, -0.1) is 0 Å². The lowest BCUT2D eigenvalue weighted by Gasteiger charge is -2.18. The van der Waals surface area contributed by atoms with E-state index in [-0.39, 0.29) is 18.0 Å². The molecule has 0 radical (unpaired) electrons. The van der Waals surface area contributed by atoms with Crippen LogP contribution in [0.25, 0.3) is 0 Å². The quantitative estimate of drug-likeness (QED) is 0.899. The summed E-state index contributed by atoms with van der Waals surface area (Å²) in [5.41, 5.74) is -0.0720. The number of rotatable bonds is 5. The van der Waals surface area contributed by atoms with E-state index in [2.05, 4.69) is 0 Å². The lowest BCUT2D eigenvalue weighted by Crippen LogP contribution is -2.36. The molecule has 2 rings (SSSR count). The second-order valence-electron chi connectivity index (χ2n) is 4.83. The van der Waals surface area contributed by atoms with Crippen LogP contribution in [0.2, 0.25) is 0 Å². The molecule has 1 aromatic rings. The Balaban J connectivity index is 2.11. The largest absolute Gasteiger partial charge is 0.480 e. The van der Waals surface area contributed by atoms with Crippen molar-refractivity contribution in [2.24, 2.45) is 5.92 Å². The number of nitrogens with zero attached hydrogens (tertiary/aromatic N) is 1. The molecule has 4 nitrogen and oxygen atoms in total. The molecule has 108 valence electrons. The van der Waals surface area contributed by atoms with Gasteiger partial charge in [0.2, 0.25) is 5.91 Å². The van der Waals surface area contributed by atoms with Gasteiger partial charge in [0.25, 0.3) is 0 Å². The summed E-state index contributed by atoms with van der Waals surface area (Å²) in [4.78, 5) is 23.9. The number of likely N-dealkylation sites (N-methyl/N-ethyl adjacent to an activating group) is 1. The summed E-state index contributed by atoms with van der Waals surface area (Å²) in [6.07, 6.45) is 0.354. The summed E-state index contributed by atoms with van der Waals surface area (Å²) in [5, 5.41) is 8.72. The Morgan fingerprint density at radius 3 is 2.45 bits per heavy atom. The number of amides is 1. The number of hydrogen-bond donors (Lipinski definition) is 1. The molecule has 1 fully saturated rings. The predicted molar refractivity (Wildman–Crippen MR) is 67.1 cm³/mol. The molecule has 0 aliphatic heterocycles. The lowest BCUT2D eigenvalue weighted by atomic mass is 10.1. The molecule has 1 N–H and O–H groups in total. The zero-order chi connectivity index (χ0) is 14.9. The first-order valence-corrected chi connectivity index (χ1v) is 6.40. The topological polar surface area (TPSA) is 57.6 Å². The summed E-state index contributed by atoms with van der Waals surface area (Å²) in [7, 11) is 0. The van der Waals surface area contributed by atoms with Gasteiger partial charge >= 0.3 is 5.97 Å². The normalized spacial score (nSPS) is 20.6. The van der Waals surface area contributed by atoms with Gasteiger partial charge in [-0.2, -0.15) is 0 Å². The number of halogens is 2. The van der Waals surface area contributed by atoms with E-state index >= 15 is 0 Å². The molecule has 1 aliphatic rings. The maximum absolute atomic E-state index is 13.6. The molecule has 1 saturated carbocycles. The monoisotopic (exact) mass is 283 g/mol. The highest BCUT2D eigenvalue weighted by atomic mass is 19.1. The van der Waals surface area contributed by atoms with Crippen LogP contribution < -0.4 is 0 Å². The maximum atomic E-state index is 13.6. The van der Waals surface area contributed by atoms with Crippen LogP contribution in [0, 0.1) is 17.6 Å². The van der Waals surface area contributed by atoms with E-state index in [0.717, 1.165) is 12.1 Å². The van der Waals surface area contributed by atoms with Gasteiger partial charge in [0.15, 0.2) is 0 Å². The third kappa shape index (κ3) is 2.79.